The van der Waals surface area contributed by atoms with Crippen LogP contribution >= 0.6 is 0 Å². The normalized spacial score (nSPS) is 10.1. The molecule has 0 fully saturated rings. The lowest BCUT2D eigenvalue weighted by Crippen LogP contribution is -2.36. The standard InChI is InChI=1S/C16H18FN3O/c17-14-9-5-10-18-15(14)12-20-16(21)19-11-4-8-13-6-2-1-3-7-13/h1-3,5-7,9-10H,4,8,11-12H2,(H2,19,20,21). The van der Waals surface area contributed by atoms with Gasteiger partial charge in [-0.05, 0) is 30.5 Å². The van der Waals surface area contributed by atoms with Crippen molar-refractivity contribution in [2.45, 2.75) is 19.4 Å². The summed E-state index contributed by atoms with van der Waals surface area (Å²) >= 11 is 0. The Hall–Kier alpha value is -2.43. The summed E-state index contributed by atoms with van der Waals surface area (Å²) in [6.07, 6.45) is 3.27. The Kier molecular flexibility index (Phi) is 5.70. The van der Waals surface area contributed by atoms with Gasteiger partial charge in [-0.15, -0.1) is 0 Å². The SMILES string of the molecule is O=C(NCCCc1ccccc1)NCc1ncccc1F. The van der Waals surface area contributed by atoms with Gasteiger partial charge < -0.3 is 10.6 Å². The Labute approximate surface area is 123 Å². The van der Waals surface area contributed by atoms with E-state index in [9.17, 15) is 9.18 Å². The van der Waals surface area contributed by atoms with Gasteiger partial charge in [-0.1, -0.05) is 30.3 Å². The van der Waals surface area contributed by atoms with E-state index in [1.165, 1.54) is 23.9 Å². The molecule has 0 aliphatic heterocycles. The van der Waals surface area contributed by atoms with Gasteiger partial charge in [0.05, 0.1) is 12.2 Å². The lowest BCUT2D eigenvalue weighted by atomic mass is 10.1. The van der Waals surface area contributed by atoms with Crippen LogP contribution in [0.25, 0.3) is 0 Å². The fourth-order valence-corrected chi connectivity index (χ4v) is 1.91. The van der Waals surface area contributed by atoms with E-state index < -0.39 is 5.82 Å². The Morgan fingerprint density at radius 2 is 1.90 bits per heavy atom. The molecule has 5 heteroatoms. The largest absolute Gasteiger partial charge is 0.338 e. The molecule has 4 nitrogen and oxygen atoms in total. The second-order valence-corrected chi connectivity index (χ2v) is 4.63. The summed E-state index contributed by atoms with van der Waals surface area (Å²) in [5.41, 5.74) is 1.48. The Balaban J connectivity index is 1.63. The third-order valence-corrected chi connectivity index (χ3v) is 3.02. The highest BCUT2D eigenvalue weighted by molar-refractivity contribution is 5.73. The zero-order valence-electron chi connectivity index (χ0n) is 11.7. The molecule has 0 unspecified atom stereocenters. The molecular formula is C16H18FN3O. The van der Waals surface area contributed by atoms with Crippen LogP contribution in [0.2, 0.25) is 0 Å². The molecule has 0 bridgehead atoms. The number of aryl methyl sites for hydroxylation is 1. The van der Waals surface area contributed by atoms with Crippen LogP contribution in [-0.2, 0) is 13.0 Å². The van der Waals surface area contributed by atoms with Crippen molar-refractivity contribution in [1.82, 2.24) is 15.6 Å². The minimum Gasteiger partial charge on any atom is -0.338 e. The highest BCUT2D eigenvalue weighted by atomic mass is 19.1. The maximum absolute atomic E-state index is 13.3. The predicted molar refractivity (Wildman–Crippen MR) is 79.2 cm³/mol. The molecule has 0 atom stereocenters. The van der Waals surface area contributed by atoms with Crippen molar-refractivity contribution in [3.05, 3.63) is 65.7 Å². The fourth-order valence-electron chi connectivity index (χ4n) is 1.91. The van der Waals surface area contributed by atoms with E-state index in [1.54, 1.807) is 0 Å². The molecule has 0 aliphatic rings. The summed E-state index contributed by atoms with van der Waals surface area (Å²) in [4.78, 5) is 15.4. The molecule has 0 saturated carbocycles. The first-order chi connectivity index (χ1) is 10.3. The molecule has 2 rings (SSSR count). The number of rotatable bonds is 6. The summed E-state index contributed by atoms with van der Waals surface area (Å²) < 4.78 is 13.3. The second kappa shape index (κ2) is 7.99. The van der Waals surface area contributed by atoms with E-state index in [4.69, 9.17) is 0 Å². The van der Waals surface area contributed by atoms with E-state index in [2.05, 4.69) is 27.8 Å². The topological polar surface area (TPSA) is 54.0 Å². The molecule has 0 aliphatic carbocycles. The summed E-state index contributed by atoms with van der Waals surface area (Å²) in [7, 11) is 0. The van der Waals surface area contributed by atoms with Crippen LogP contribution in [0, 0.1) is 5.82 Å². The second-order valence-electron chi connectivity index (χ2n) is 4.63. The van der Waals surface area contributed by atoms with Crippen molar-refractivity contribution < 1.29 is 9.18 Å². The van der Waals surface area contributed by atoms with Gasteiger partial charge in [-0.2, -0.15) is 0 Å². The van der Waals surface area contributed by atoms with Crippen molar-refractivity contribution in [2.75, 3.05) is 6.54 Å². The minimum absolute atomic E-state index is 0.0805. The number of urea groups is 1. The molecule has 0 radical (unpaired) electrons. The summed E-state index contributed by atoms with van der Waals surface area (Å²) in [5.74, 6) is -0.415. The van der Waals surface area contributed by atoms with E-state index in [0.717, 1.165) is 12.8 Å². The smallest absolute Gasteiger partial charge is 0.315 e. The average Bonchev–Trinajstić information content (AvgIpc) is 2.52. The molecule has 21 heavy (non-hydrogen) atoms. The quantitative estimate of drug-likeness (QED) is 0.803. The summed E-state index contributed by atoms with van der Waals surface area (Å²) in [6.45, 7) is 0.655. The van der Waals surface area contributed by atoms with Crippen LogP contribution in [0.3, 0.4) is 0 Å². The van der Waals surface area contributed by atoms with Gasteiger partial charge in [0.15, 0.2) is 0 Å². The summed E-state index contributed by atoms with van der Waals surface area (Å²) in [6, 6.07) is 12.6. The van der Waals surface area contributed by atoms with Crippen LogP contribution in [-0.4, -0.2) is 17.6 Å². The maximum Gasteiger partial charge on any atom is 0.315 e. The molecule has 1 aromatic carbocycles. The summed E-state index contributed by atoms with van der Waals surface area (Å²) in [5, 5.41) is 5.33. The molecular weight excluding hydrogens is 269 g/mol. The van der Waals surface area contributed by atoms with Crippen molar-refractivity contribution in [1.29, 1.82) is 0 Å². The van der Waals surface area contributed by atoms with Crippen molar-refractivity contribution in [2.24, 2.45) is 0 Å². The number of aromatic nitrogens is 1. The first-order valence-corrected chi connectivity index (χ1v) is 6.91. The Morgan fingerprint density at radius 3 is 2.67 bits per heavy atom. The zero-order valence-corrected chi connectivity index (χ0v) is 11.7. The highest BCUT2D eigenvalue weighted by Gasteiger charge is 2.04. The van der Waals surface area contributed by atoms with E-state index >= 15 is 0 Å². The number of hydrogen-bond acceptors (Lipinski definition) is 2. The van der Waals surface area contributed by atoms with Crippen LogP contribution in [0.5, 0.6) is 0 Å². The Bertz CT molecular complexity index is 575. The molecule has 2 amide bonds. The van der Waals surface area contributed by atoms with Crippen LogP contribution in [0.4, 0.5) is 9.18 Å². The number of amides is 2. The number of carbonyl (C=O) groups is 1. The number of pyridine rings is 1. The van der Waals surface area contributed by atoms with Gasteiger partial charge in [0, 0.05) is 12.7 Å². The number of halogens is 1. The number of nitrogens with one attached hydrogen (secondary N) is 2. The third kappa shape index (κ3) is 5.22. The fraction of sp³-hybridized carbons (Fsp3) is 0.250. The molecule has 1 heterocycles. The monoisotopic (exact) mass is 287 g/mol. The van der Waals surface area contributed by atoms with Gasteiger partial charge in [-0.3, -0.25) is 4.98 Å². The molecule has 110 valence electrons. The van der Waals surface area contributed by atoms with E-state index in [1.807, 2.05) is 18.2 Å². The lowest BCUT2D eigenvalue weighted by molar-refractivity contribution is 0.240. The van der Waals surface area contributed by atoms with Gasteiger partial charge in [0.25, 0.3) is 0 Å². The first-order valence-electron chi connectivity index (χ1n) is 6.91. The molecule has 2 N–H and O–H groups in total. The van der Waals surface area contributed by atoms with Crippen LogP contribution < -0.4 is 10.6 Å². The third-order valence-electron chi connectivity index (χ3n) is 3.02. The van der Waals surface area contributed by atoms with E-state index in [0.29, 0.717) is 6.54 Å². The van der Waals surface area contributed by atoms with Crippen molar-refractivity contribution >= 4 is 6.03 Å². The zero-order chi connectivity index (χ0) is 14.9. The van der Waals surface area contributed by atoms with Crippen molar-refractivity contribution in [3.8, 4) is 0 Å². The average molecular weight is 287 g/mol. The molecule has 0 saturated heterocycles. The Morgan fingerprint density at radius 1 is 1.10 bits per heavy atom. The van der Waals surface area contributed by atoms with Gasteiger partial charge in [0.2, 0.25) is 0 Å². The van der Waals surface area contributed by atoms with Crippen LogP contribution in [0.1, 0.15) is 17.7 Å². The predicted octanol–water partition coefficient (Wildman–Crippen LogP) is 2.65. The molecule has 2 aromatic rings. The van der Waals surface area contributed by atoms with E-state index in [-0.39, 0.29) is 18.3 Å². The van der Waals surface area contributed by atoms with Gasteiger partial charge in [0.1, 0.15) is 5.82 Å². The van der Waals surface area contributed by atoms with Crippen LogP contribution in [0.15, 0.2) is 48.7 Å². The first kappa shape index (κ1) is 15.0. The number of nitrogens with zero attached hydrogens (tertiary/aromatic N) is 1. The number of hydrogen-bond donors (Lipinski definition) is 2. The van der Waals surface area contributed by atoms with Gasteiger partial charge in [-0.25, -0.2) is 9.18 Å². The highest BCUT2D eigenvalue weighted by Crippen LogP contribution is 2.02. The number of benzene rings is 1. The lowest BCUT2D eigenvalue weighted by Gasteiger charge is -2.07. The molecule has 0 spiro atoms. The van der Waals surface area contributed by atoms with Crippen molar-refractivity contribution in [3.63, 3.8) is 0 Å². The minimum atomic E-state index is -0.415. The number of carbonyl (C=O) groups excluding carboxylic acids is 1. The maximum atomic E-state index is 13.3. The van der Waals surface area contributed by atoms with Gasteiger partial charge >= 0.3 is 6.03 Å². The molecule has 1 aromatic heterocycles.